The molecule has 3 aromatic heterocycles. The van der Waals surface area contributed by atoms with Crippen LogP contribution in [0.15, 0.2) is 61.1 Å². The van der Waals surface area contributed by atoms with Gasteiger partial charge in [0.15, 0.2) is 0 Å². The largest absolute Gasteiger partial charge is 0.350 e. The van der Waals surface area contributed by atoms with Crippen LogP contribution in [0, 0.1) is 5.92 Å². The van der Waals surface area contributed by atoms with Crippen molar-refractivity contribution in [3.63, 3.8) is 0 Å². The predicted molar refractivity (Wildman–Crippen MR) is 106 cm³/mol. The number of carbonyl (C=O) groups excluding carboxylic acids is 1. The second kappa shape index (κ2) is 8.56. The Morgan fingerprint density at radius 1 is 0.929 bits per heavy atom. The molecule has 0 radical (unpaired) electrons. The Kier molecular flexibility index (Phi) is 5.51. The van der Waals surface area contributed by atoms with Gasteiger partial charge in [0.1, 0.15) is 0 Å². The maximum Gasteiger partial charge on any atom is 0.225 e. The van der Waals surface area contributed by atoms with E-state index in [0.29, 0.717) is 12.5 Å². The van der Waals surface area contributed by atoms with Gasteiger partial charge in [-0.25, -0.2) is 9.97 Å². The fourth-order valence-electron chi connectivity index (χ4n) is 3.32. The predicted octanol–water partition coefficient (Wildman–Crippen LogP) is 2.47. The van der Waals surface area contributed by atoms with Gasteiger partial charge in [-0.05, 0) is 43.2 Å². The van der Waals surface area contributed by atoms with E-state index in [1.165, 1.54) is 0 Å². The average Bonchev–Trinajstić information content (AvgIpc) is 2.79. The first-order valence-corrected chi connectivity index (χ1v) is 9.46. The van der Waals surface area contributed by atoms with Gasteiger partial charge in [0.25, 0.3) is 0 Å². The van der Waals surface area contributed by atoms with E-state index in [2.05, 4.69) is 30.2 Å². The summed E-state index contributed by atoms with van der Waals surface area (Å²) in [5.74, 6) is 0.794. The van der Waals surface area contributed by atoms with E-state index in [1.807, 2.05) is 42.5 Å². The normalized spacial score (nSPS) is 14.6. The molecule has 3 aromatic rings. The summed E-state index contributed by atoms with van der Waals surface area (Å²) in [6.45, 7) is 1.98. The number of rotatable bonds is 5. The van der Waals surface area contributed by atoms with Crippen molar-refractivity contribution < 1.29 is 4.79 Å². The molecule has 1 aliphatic rings. The number of pyridine rings is 2. The van der Waals surface area contributed by atoms with Crippen LogP contribution in [-0.2, 0) is 11.3 Å². The molecule has 4 rings (SSSR count). The first kappa shape index (κ1) is 18.0. The molecule has 7 heteroatoms. The van der Waals surface area contributed by atoms with Gasteiger partial charge in [-0.3, -0.25) is 14.8 Å². The molecule has 0 aliphatic carbocycles. The van der Waals surface area contributed by atoms with E-state index in [9.17, 15) is 4.79 Å². The molecule has 0 atom stereocenters. The third-order valence-electron chi connectivity index (χ3n) is 4.89. The zero-order valence-corrected chi connectivity index (χ0v) is 15.5. The van der Waals surface area contributed by atoms with E-state index in [0.717, 1.165) is 43.0 Å². The topological polar surface area (TPSA) is 83.9 Å². The van der Waals surface area contributed by atoms with Gasteiger partial charge < -0.3 is 10.2 Å². The summed E-state index contributed by atoms with van der Waals surface area (Å²) in [6.07, 6.45) is 6.82. The molecular formula is C21H22N6O. The van der Waals surface area contributed by atoms with E-state index in [1.54, 1.807) is 18.6 Å². The Hall–Kier alpha value is -3.35. The second-order valence-corrected chi connectivity index (χ2v) is 6.76. The van der Waals surface area contributed by atoms with Gasteiger partial charge in [0, 0.05) is 37.6 Å². The Balaban J connectivity index is 1.33. The Bertz CT molecular complexity index is 910. The number of nitrogens with one attached hydrogen (secondary N) is 1. The molecule has 1 aliphatic heterocycles. The molecule has 7 nitrogen and oxygen atoms in total. The number of carbonyl (C=O) groups is 1. The highest BCUT2D eigenvalue weighted by Crippen LogP contribution is 2.22. The minimum atomic E-state index is 0.0129. The van der Waals surface area contributed by atoms with Gasteiger partial charge in [0.05, 0.1) is 23.6 Å². The number of amides is 1. The van der Waals surface area contributed by atoms with Crippen LogP contribution in [0.3, 0.4) is 0 Å². The zero-order chi connectivity index (χ0) is 19.2. The molecule has 28 heavy (non-hydrogen) atoms. The number of nitrogens with zero attached hydrogens (tertiary/aromatic N) is 5. The molecular weight excluding hydrogens is 352 g/mol. The summed E-state index contributed by atoms with van der Waals surface area (Å²) >= 11 is 0. The second-order valence-electron chi connectivity index (χ2n) is 6.76. The standard InChI is InChI=1S/C21H22N6O/c28-20(25-15-17-5-1-3-10-22-17)16-8-13-27(14-9-16)21-24-12-7-19(26-21)18-6-2-4-11-23-18/h1-7,10-12,16H,8-9,13-15H2,(H,25,28). The summed E-state index contributed by atoms with van der Waals surface area (Å²) in [6, 6.07) is 13.3. The Labute approximate surface area is 163 Å². The molecule has 0 saturated carbocycles. The van der Waals surface area contributed by atoms with E-state index in [4.69, 9.17) is 0 Å². The molecule has 142 valence electrons. The SMILES string of the molecule is O=C(NCc1ccccn1)C1CCN(c2nccc(-c3ccccn3)n2)CC1. The lowest BCUT2D eigenvalue weighted by atomic mass is 9.96. The summed E-state index contributed by atoms with van der Waals surface area (Å²) < 4.78 is 0. The van der Waals surface area contributed by atoms with Crippen LogP contribution in [0.1, 0.15) is 18.5 Å². The molecule has 1 saturated heterocycles. The summed E-state index contributed by atoms with van der Waals surface area (Å²) in [4.78, 5) is 32.2. The molecule has 1 amide bonds. The Morgan fingerprint density at radius 3 is 2.43 bits per heavy atom. The molecule has 1 N–H and O–H groups in total. The lowest BCUT2D eigenvalue weighted by Crippen LogP contribution is -2.41. The lowest BCUT2D eigenvalue weighted by Gasteiger charge is -2.31. The summed E-state index contributed by atoms with van der Waals surface area (Å²) in [5, 5.41) is 2.99. The summed E-state index contributed by atoms with van der Waals surface area (Å²) in [5.41, 5.74) is 2.50. The van der Waals surface area contributed by atoms with Gasteiger partial charge in [0.2, 0.25) is 11.9 Å². The van der Waals surface area contributed by atoms with Crippen molar-refractivity contribution in [1.29, 1.82) is 0 Å². The van der Waals surface area contributed by atoms with Crippen LogP contribution < -0.4 is 10.2 Å². The number of piperidine rings is 1. The van der Waals surface area contributed by atoms with Crippen LogP contribution >= 0.6 is 0 Å². The third-order valence-corrected chi connectivity index (χ3v) is 4.89. The number of hydrogen-bond donors (Lipinski definition) is 1. The lowest BCUT2D eigenvalue weighted by molar-refractivity contribution is -0.125. The minimum absolute atomic E-state index is 0.0129. The van der Waals surface area contributed by atoms with E-state index in [-0.39, 0.29) is 11.8 Å². The van der Waals surface area contributed by atoms with Crippen LogP contribution in [-0.4, -0.2) is 38.9 Å². The molecule has 1 fully saturated rings. The maximum atomic E-state index is 12.5. The quantitative estimate of drug-likeness (QED) is 0.739. The van der Waals surface area contributed by atoms with Crippen molar-refractivity contribution in [2.75, 3.05) is 18.0 Å². The van der Waals surface area contributed by atoms with Crippen LogP contribution in [0.25, 0.3) is 11.4 Å². The van der Waals surface area contributed by atoms with Gasteiger partial charge in [-0.2, -0.15) is 0 Å². The van der Waals surface area contributed by atoms with E-state index >= 15 is 0 Å². The van der Waals surface area contributed by atoms with Crippen molar-refractivity contribution >= 4 is 11.9 Å². The number of aromatic nitrogens is 4. The number of hydrogen-bond acceptors (Lipinski definition) is 6. The summed E-state index contributed by atoms with van der Waals surface area (Å²) in [7, 11) is 0. The molecule has 0 unspecified atom stereocenters. The number of anilines is 1. The van der Waals surface area contributed by atoms with Gasteiger partial charge in [-0.1, -0.05) is 12.1 Å². The highest BCUT2D eigenvalue weighted by Gasteiger charge is 2.26. The highest BCUT2D eigenvalue weighted by molar-refractivity contribution is 5.78. The van der Waals surface area contributed by atoms with Crippen LogP contribution in [0.2, 0.25) is 0 Å². The molecule has 0 aromatic carbocycles. The van der Waals surface area contributed by atoms with Crippen LogP contribution in [0.4, 0.5) is 5.95 Å². The molecule has 0 bridgehead atoms. The van der Waals surface area contributed by atoms with Crippen molar-refractivity contribution in [3.05, 3.63) is 66.7 Å². The van der Waals surface area contributed by atoms with Crippen molar-refractivity contribution in [1.82, 2.24) is 25.3 Å². The van der Waals surface area contributed by atoms with Crippen molar-refractivity contribution in [2.24, 2.45) is 5.92 Å². The van der Waals surface area contributed by atoms with Gasteiger partial charge >= 0.3 is 0 Å². The minimum Gasteiger partial charge on any atom is -0.350 e. The smallest absolute Gasteiger partial charge is 0.225 e. The monoisotopic (exact) mass is 374 g/mol. The van der Waals surface area contributed by atoms with Crippen molar-refractivity contribution in [2.45, 2.75) is 19.4 Å². The van der Waals surface area contributed by atoms with E-state index < -0.39 is 0 Å². The fourth-order valence-corrected chi connectivity index (χ4v) is 3.32. The zero-order valence-electron chi connectivity index (χ0n) is 15.5. The maximum absolute atomic E-state index is 12.5. The van der Waals surface area contributed by atoms with Gasteiger partial charge in [-0.15, -0.1) is 0 Å². The first-order valence-electron chi connectivity index (χ1n) is 9.46. The van der Waals surface area contributed by atoms with Crippen molar-refractivity contribution in [3.8, 4) is 11.4 Å². The highest BCUT2D eigenvalue weighted by atomic mass is 16.1. The Morgan fingerprint density at radius 2 is 1.71 bits per heavy atom. The molecule has 0 spiro atoms. The molecule has 4 heterocycles. The fraction of sp³-hybridized carbons (Fsp3) is 0.286. The third kappa shape index (κ3) is 4.31. The average molecular weight is 374 g/mol. The first-order chi connectivity index (χ1) is 13.8. The van der Waals surface area contributed by atoms with Crippen LogP contribution in [0.5, 0.6) is 0 Å².